The molecule has 0 radical (unpaired) electrons. The van der Waals surface area contributed by atoms with Crippen LogP contribution in [0.4, 0.5) is 11.4 Å². The molecule has 0 aliphatic carbocycles. The maximum atomic E-state index is 12.6. The van der Waals surface area contributed by atoms with E-state index in [0.717, 1.165) is 40.9 Å². The predicted molar refractivity (Wildman–Crippen MR) is 113 cm³/mol. The number of H-pyrrole nitrogens is 1. The van der Waals surface area contributed by atoms with Gasteiger partial charge in [0, 0.05) is 41.1 Å². The van der Waals surface area contributed by atoms with E-state index in [1.54, 1.807) is 0 Å². The molecule has 140 valence electrons. The van der Waals surface area contributed by atoms with E-state index in [9.17, 15) is 4.79 Å². The number of piperidine rings is 1. The maximum Gasteiger partial charge on any atom is 0.228 e. The fraction of sp³-hybridized carbons (Fsp3) is 0.348. The largest absolute Gasteiger partial charge is 0.372 e. The smallest absolute Gasteiger partial charge is 0.228 e. The first-order chi connectivity index (χ1) is 13.1. The van der Waals surface area contributed by atoms with Gasteiger partial charge in [0.15, 0.2) is 0 Å². The summed E-state index contributed by atoms with van der Waals surface area (Å²) < 4.78 is 0. The van der Waals surface area contributed by atoms with Crippen molar-refractivity contribution in [3.8, 4) is 0 Å². The average molecular weight is 361 g/mol. The van der Waals surface area contributed by atoms with Crippen LogP contribution in [0.25, 0.3) is 10.9 Å². The lowest BCUT2D eigenvalue weighted by molar-refractivity contribution is -0.115. The van der Waals surface area contributed by atoms with E-state index in [0.29, 0.717) is 6.42 Å². The molecule has 1 saturated heterocycles. The minimum absolute atomic E-state index is 0.0197. The molecule has 4 nitrogen and oxygen atoms in total. The van der Waals surface area contributed by atoms with Crippen LogP contribution in [-0.2, 0) is 11.2 Å². The second-order valence-electron chi connectivity index (χ2n) is 7.60. The van der Waals surface area contributed by atoms with Crippen LogP contribution < -0.4 is 10.2 Å². The molecule has 0 spiro atoms. The number of rotatable bonds is 4. The third kappa shape index (κ3) is 3.85. The molecule has 2 aromatic carbocycles. The molecule has 3 aromatic rings. The first kappa shape index (κ1) is 17.7. The number of fused-ring (bicyclic) bond motifs is 1. The summed E-state index contributed by atoms with van der Waals surface area (Å²) in [4.78, 5) is 18.4. The van der Waals surface area contributed by atoms with Crippen LogP contribution in [0.2, 0.25) is 0 Å². The van der Waals surface area contributed by atoms with E-state index in [-0.39, 0.29) is 5.91 Å². The summed E-state index contributed by atoms with van der Waals surface area (Å²) >= 11 is 0. The SMILES string of the molecule is Cc1ccc2[nH]c(C)c(CC(=O)Nc3ccc(N4CCCCC4)cc3)c2c1. The Morgan fingerprint density at radius 2 is 1.78 bits per heavy atom. The van der Waals surface area contributed by atoms with Crippen molar-refractivity contribution in [1.29, 1.82) is 0 Å². The van der Waals surface area contributed by atoms with Gasteiger partial charge in [-0.2, -0.15) is 0 Å². The molecular formula is C23H27N3O. The Kier molecular flexibility index (Phi) is 4.88. The minimum atomic E-state index is 0.0197. The van der Waals surface area contributed by atoms with Gasteiger partial charge in [-0.25, -0.2) is 0 Å². The van der Waals surface area contributed by atoms with Gasteiger partial charge in [0.05, 0.1) is 6.42 Å². The van der Waals surface area contributed by atoms with Gasteiger partial charge in [0.25, 0.3) is 0 Å². The first-order valence-corrected chi connectivity index (χ1v) is 9.83. The number of aryl methyl sites for hydroxylation is 2. The van der Waals surface area contributed by atoms with Crippen LogP contribution in [0.5, 0.6) is 0 Å². The molecule has 0 atom stereocenters. The Bertz CT molecular complexity index is 950. The zero-order valence-corrected chi connectivity index (χ0v) is 16.1. The summed E-state index contributed by atoms with van der Waals surface area (Å²) in [6.45, 7) is 6.37. The number of nitrogens with one attached hydrogen (secondary N) is 2. The maximum absolute atomic E-state index is 12.6. The van der Waals surface area contributed by atoms with Gasteiger partial charge in [-0.15, -0.1) is 0 Å². The van der Waals surface area contributed by atoms with E-state index in [4.69, 9.17) is 0 Å². The van der Waals surface area contributed by atoms with Crippen LogP contribution in [0.3, 0.4) is 0 Å². The van der Waals surface area contributed by atoms with Crippen molar-refractivity contribution in [2.24, 2.45) is 0 Å². The van der Waals surface area contributed by atoms with Crippen LogP contribution >= 0.6 is 0 Å². The lowest BCUT2D eigenvalue weighted by Crippen LogP contribution is -2.29. The lowest BCUT2D eigenvalue weighted by atomic mass is 10.1. The standard InChI is InChI=1S/C23H27N3O/c1-16-6-11-22-21(14-16)20(17(2)24-22)15-23(27)25-18-7-9-19(10-8-18)26-12-4-3-5-13-26/h6-11,14,24H,3-5,12-13,15H2,1-2H3,(H,25,27). The van der Waals surface area contributed by atoms with Gasteiger partial charge in [0.1, 0.15) is 0 Å². The summed E-state index contributed by atoms with van der Waals surface area (Å²) in [5.74, 6) is 0.0197. The zero-order chi connectivity index (χ0) is 18.8. The van der Waals surface area contributed by atoms with Crippen molar-refractivity contribution in [3.05, 3.63) is 59.3 Å². The Balaban J connectivity index is 1.45. The summed E-state index contributed by atoms with van der Waals surface area (Å²) in [5, 5.41) is 4.19. The second kappa shape index (κ2) is 7.47. The Hall–Kier alpha value is -2.75. The molecule has 2 heterocycles. The normalized spacial score (nSPS) is 14.5. The summed E-state index contributed by atoms with van der Waals surface area (Å²) in [7, 11) is 0. The number of benzene rings is 2. The fourth-order valence-electron chi connectivity index (χ4n) is 4.00. The van der Waals surface area contributed by atoms with Gasteiger partial charge in [-0.3, -0.25) is 4.79 Å². The molecular weight excluding hydrogens is 334 g/mol. The molecule has 0 unspecified atom stereocenters. The van der Waals surface area contributed by atoms with Gasteiger partial charge in [-0.05, 0) is 75.1 Å². The molecule has 1 amide bonds. The Morgan fingerprint density at radius 1 is 1.04 bits per heavy atom. The van der Waals surface area contributed by atoms with E-state index in [1.807, 2.05) is 19.1 Å². The molecule has 4 heteroatoms. The molecule has 27 heavy (non-hydrogen) atoms. The van der Waals surface area contributed by atoms with Crippen molar-refractivity contribution < 1.29 is 4.79 Å². The highest BCUT2D eigenvalue weighted by Crippen LogP contribution is 2.25. The number of hydrogen-bond donors (Lipinski definition) is 2. The molecule has 1 aliphatic heterocycles. The fourth-order valence-corrected chi connectivity index (χ4v) is 4.00. The van der Waals surface area contributed by atoms with Gasteiger partial charge in [0.2, 0.25) is 5.91 Å². The van der Waals surface area contributed by atoms with Crippen LogP contribution in [-0.4, -0.2) is 24.0 Å². The Morgan fingerprint density at radius 3 is 2.52 bits per heavy atom. The number of aromatic nitrogens is 1. The van der Waals surface area contributed by atoms with Crippen LogP contribution in [0.1, 0.15) is 36.1 Å². The lowest BCUT2D eigenvalue weighted by Gasteiger charge is -2.28. The Labute approximate surface area is 160 Å². The van der Waals surface area contributed by atoms with Gasteiger partial charge in [-0.1, -0.05) is 11.6 Å². The number of anilines is 2. The van der Waals surface area contributed by atoms with E-state index >= 15 is 0 Å². The number of amides is 1. The summed E-state index contributed by atoms with van der Waals surface area (Å²) in [5.41, 5.74) is 6.54. The second-order valence-corrected chi connectivity index (χ2v) is 7.60. The number of hydrogen-bond acceptors (Lipinski definition) is 2. The van der Waals surface area contributed by atoms with Crippen molar-refractivity contribution in [3.63, 3.8) is 0 Å². The van der Waals surface area contributed by atoms with E-state index in [2.05, 4.69) is 52.5 Å². The van der Waals surface area contributed by atoms with Crippen molar-refractivity contribution in [1.82, 2.24) is 4.98 Å². The molecule has 0 bridgehead atoms. The quantitative estimate of drug-likeness (QED) is 0.690. The van der Waals surface area contributed by atoms with Crippen LogP contribution in [0.15, 0.2) is 42.5 Å². The topological polar surface area (TPSA) is 48.1 Å². The van der Waals surface area contributed by atoms with Crippen molar-refractivity contribution in [2.45, 2.75) is 39.5 Å². The molecule has 4 rings (SSSR count). The van der Waals surface area contributed by atoms with E-state index in [1.165, 1.54) is 30.5 Å². The number of carbonyl (C=O) groups is 1. The molecule has 1 fully saturated rings. The third-order valence-electron chi connectivity index (χ3n) is 5.48. The van der Waals surface area contributed by atoms with Gasteiger partial charge >= 0.3 is 0 Å². The third-order valence-corrected chi connectivity index (χ3v) is 5.48. The summed E-state index contributed by atoms with van der Waals surface area (Å²) in [6.07, 6.45) is 4.24. The number of nitrogens with zero attached hydrogens (tertiary/aromatic N) is 1. The first-order valence-electron chi connectivity index (χ1n) is 9.83. The zero-order valence-electron chi connectivity index (χ0n) is 16.1. The number of aromatic amines is 1. The molecule has 2 N–H and O–H groups in total. The highest BCUT2D eigenvalue weighted by molar-refractivity contribution is 5.96. The van der Waals surface area contributed by atoms with Crippen molar-refractivity contribution in [2.75, 3.05) is 23.3 Å². The monoisotopic (exact) mass is 361 g/mol. The van der Waals surface area contributed by atoms with Crippen LogP contribution in [0, 0.1) is 13.8 Å². The number of carbonyl (C=O) groups excluding carboxylic acids is 1. The van der Waals surface area contributed by atoms with E-state index < -0.39 is 0 Å². The highest BCUT2D eigenvalue weighted by atomic mass is 16.1. The molecule has 0 saturated carbocycles. The summed E-state index contributed by atoms with van der Waals surface area (Å²) in [6, 6.07) is 14.6. The van der Waals surface area contributed by atoms with Crippen molar-refractivity contribution >= 4 is 28.2 Å². The minimum Gasteiger partial charge on any atom is -0.372 e. The van der Waals surface area contributed by atoms with Gasteiger partial charge < -0.3 is 15.2 Å². The predicted octanol–water partition coefficient (Wildman–Crippen LogP) is 4.96. The molecule has 1 aliphatic rings. The highest BCUT2D eigenvalue weighted by Gasteiger charge is 2.14. The average Bonchev–Trinajstić information content (AvgIpc) is 2.98. The molecule has 1 aromatic heterocycles.